The van der Waals surface area contributed by atoms with Gasteiger partial charge >= 0.3 is 5.97 Å². The highest BCUT2D eigenvalue weighted by atomic mass is 16.6. The molecule has 47 heavy (non-hydrogen) atoms. The van der Waals surface area contributed by atoms with E-state index in [1.54, 1.807) is 11.0 Å². The van der Waals surface area contributed by atoms with Crippen LogP contribution >= 0.6 is 0 Å². The molecule has 10 nitrogen and oxygen atoms in total. The number of carbonyl (C=O) groups is 4. The number of likely N-dealkylation sites (tertiary alicyclic amines) is 1. The van der Waals surface area contributed by atoms with Gasteiger partial charge < -0.3 is 29.7 Å². The van der Waals surface area contributed by atoms with E-state index in [2.05, 4.69) is 39.9 Å². The van der Waals surface area contributed by atoms with E-state index in [0.29, 0.717) is 38.8 Å². The number of amides is 3. The molecule has 0 radical (unpaired) electrons. The summed E-state index contributed by atoms with van der Waals surface area (Å²) in [5.41, 5.74) is -1.24. The van der Waals surface area contributed by atoms with Gasteiger partial charge in [0.2, 0.25) is 17.7 Å². The molecule has 3 amide bonds. The summed E-state index contributed by atoms with van der Waals surface area (Å²) in [7, 11) is 0. The summed E-state index contributed by atoms with van der Waals surface area (Å²) in [5, 5.41) is 12.3. The molecule has 2 fully saturated rings. The summed E-state index contributed by atoms with van der Waals surface area (Å²) < 4.78 is 13.0. The smallest absolute Gasteiger partial charge is 0.313 e. The molecule has 0 unspecified atom stereocenters. The Kier molecular flexibility index (Phi) is 10.3. The maximum absolute atomic E-state index is 14.8. The monoisotopic (exact) mass is 649 g/mol. The third-order valence-electron chi connectivity index (χ3n) is 9.79. The molecule has 1 spiro atoms. The minimum atomic E-state index is -1.38. The topological polar surface area (TPSA) is 125 Å². The number of nitrogens with zero attached hydrogens (tertiary/aromatic N) is 2. The summed E-state index contributed by atoms with van der Waals surface area (Å²) in [6.07, 6.45) is 9.03. The fourth-order valence-corrected chi connectivity index (χ4v) is 8.16. The third-order valence-corrected chi connectivity index (χ3v) is 9.79. The molecule has 0 aromatic heterocycles. The number of unbranched alkanes of at least 4 members (excludes halogenated alkanes) is 2. The van der Waals surface area contributed by atoms with Gasteiger partial charge in [-0.15, -0.1) is 0 Å². The molecular formula is C37H51N3O7. The second kappa shape index (κ2) is 13.9. The van der Waals surface area contributed by atoms with Gasteiger partial charge in [0.05, 0.1) is 18.6 Å². The molecule has 0 saturated carbocycles. The van der Waals surface area contributed by atoms with E-state index >= 15 is 0 Å². The maximum Gasteiger partial charge on any atom is 0.313 e. The van der Waals surface area contributed by atoms with Crippen molar-refractivity contribution >= 4 is 23.7 Å². The summed E-state index contributed by atoms with van der Waals surface area (Å²) >= 11 is 0. The van der Waals surface area contributed by atoms with Crippen molar-refractivity contribution in [3.05, 3.63) is 60.2 Å². The molecule has 1 aromatic rings. The van der Waals surface area contributed by atoms with Gasteiger partial charge in [0.1, 0.15) is 23.7 Å². The molecule has 0 bridgehead atoms. The first-order chi connectivity index (χ1) is 22.3. The Hall–Kier alpha value is -3.50. The van der Waals surface area contributed by atoms with Crippen molar-refractivity contribution in [1.29, 1.82) is 0 Å². The Balaban J connectivity index is 1.57. The minimum absolute atomic E-state index is 0.0501. The van der Waals surface area contributed by atoms with E-state index < -0.39 is 47.2 Å². The largest absolute Gasteiger partial charge is 0.455 e. The summed E-state index contributed by atoms with van der Waals surface area (Å²) in [6.45, 7) is 11.4. The molecule has 5 rings (SSSR count). The summed E-state index contributed by atoms with van der Waals surface area (Å²) in [5.74, 6) is -3.25. The number of nitrogens with one attached hydrogen (secondary N) is 1. The molecule has 4 aliphatic rings. The third kappa shape index (κ3) is 7.18. The molecular weight excluding hydrogens is 598 g/mol. The lowest BCUT2D eigenvalue weighted by Crippen LogP contribution is -2.59. The average molecular weight is 650 g/mol. The number of esters is 1. The van der Waals surface area contributed by atoms with Crippen LogP contribution in [-0.2, 0) is 28.7 Å². The molecule has 2 saturated heterocycles. The highest BCUT2D eigenvalue weighted by molar-refractivity contribution is 5.99. The first kappa shape index (κ1) is 34.8. The SMILES string of the molecule is CC(C)(C)CC(C)(C)N1CC=C[C@@]23O[C@H]4/C=C\CCC(=O)NC[C@H](c5ccccc5)OC(=O)[C@H]4[C@@H]2C(=O)N(CCCCCO)[C@H]3C1=O. The highest BCUT2D eigenvalue weighted by Crippen LogP contribution is 2.54. The van der Waals surface area contributed by atoms with Crippen molar-refractivity contribution in [2.24, 2.45) is 17.3 Å². The number of hydrogen-bond acceptors (Lipinski definition) is 7. The molecule has 6 atom stereocenters. The van der Waals surface area contributed by atoms with Crippen LogP contribution in [0.4, 0.5) is 0 Å². The number of ether oxygens (including phenoxy) is 2. The zero-order valence-electron chi connectivity index (χ0n) is 28.4. The second-order valence-corrected chi connectivity index (χ2v) is 15.2. The quantitative estimate of drug-likeness (QED) is 0.247. The number of aliphatic hydroxyl groups is 1. The standard InChI is InChI=1S/C37H51N3O7/c1-35(2,3)24-36(4,5)40-21-14-19-37-30(32(43)39(31(37)33(40)44)20-12-7-13-22-41)29-26(47-37)17-10-11-18-28(42)38-23-27(46-34(29)45)25-15-8-6-9-16-25/h6,8-10,14-17,19,26-27,29-31,41H,7,11-13,18,20-24H2,1-5H3,(H,38,42)/b17-10-/t26-,27+,29+,30+,31-,37+/m0/s1. The lowest BCUT2D eigenvalue weighted by molar-refractivity contribution is -0.160. The Morgan fingerprint density at radius 3 is 2.43 bits per heavy atom. The zero-order valence-corrected chi connectivity index (χ0v) is 28.4. The van der Waals surface area contributed by atoms with Gasteiger partial charge in [-0.3, -0.25) is 19.2 Å². The van der Waals surface area contributed by atoms with Gasteiger partial charge in [0.15, 0.2) is 0 Å². The van der Waals surface area contributed by atoms with Gasteiger partial charge in [-0.05, 0) is 56.9 Å². The average Bonchev–Trinajstić information content (AvgIpc) is 3.38. The Bertz CT molecular complexity index is 1380. The van der Waals surface area contributed by atoms with Crippen LogP contribution in [0.5, 0.6) is 0 Å². The number of allylic oxidation sites excluding steroid dienone is 1. The number of aliphatic hydroxyl groups excluding tert-OH is 1. The second-order valence-electron chi connectivity index (χ2n) is 15.2. The van der Waals surface area contributed by atoms with Crippen LogP contribution in [-0.4, -0.2) is 88.1 Å². The van der Waals surface area contributed by atoms with Crippen molar-refractivity contribution in [1.82, 2.24) is 15.1 Å². The van der Waals surface area contributed by atoms with Crippen molar-refractivity contribution in [3.8, 4) is 0 Å². The van der Waals surface area contributed by atoms with Crippen LogP contribution in [0.3, 0.4) is 0 Å². The predicted molar refractivity (Wildman–Crippen MR) is 177 cm³/mol. The maximum atomic E-state index is 14.8. The molecule has 1 aromatic carbocycles. The van der Waals surface area contributed by atoms with Crippen molar-refractivity contribution < 1.29 is 33.8 Å². The molecule has 2 N–H and O–H groups in total. The van der Waals surface area contributed by atoms with E-state index in [-0.39, 0.29) is 42.7 Å². The summed E-state index contributed by atoms with van der Waals surface area (Å²) in [6, 6.07) is 8.26. The van der Waals surface area contributed by atoms with Crippen LogP contribution in [0.2, 0.25) is 0 Å². The first-order valence-electron chi connectivity index (χ1n) is 17.1. The number of rotatable bonds is 8. The minimum Gasteiger partial charge on any atom is -0.455 e. The van der Waals surface area contributed by atoms with Crippen molar-refractivity contribution in [2.45, 2.75) is 103 Å². The number of cyclic esters (lactones) is 1. The fourth-order valence-electron chi connectivity index (χ4n) is 8.16. The van der Waals surface area contributed by atoms with Crippen LogP contribution in [0.1, 0.15) is 84.8 Å². The van der Waals surface area contributed by atoms with Crippen molar-refractivity contribution in [3.63, 3.8) is 0 Å². The van der Waals surface area contributed by atoms with Crippen molar-refractivity contribution in [2.75, 3.05) is 26.2 Å². The Labute approximate surface area is 278 Å². The zero-order chi connectivity index (χ0) is 34.0. The fraction of sp³-hybridized carbons (Fsp3) is 0.622. The van der Waals surface area contributed by atoms with Gasteiger partial charge in [-0.1, -0.05) is 75.4 Å². The van der Waals surface area contributed by atoms with Gasteiger partial charge in [0, 0.05) is 31.7 Å². The van der Waals surface area contributed by atoms with Gasteiger partial charge in [-0.2, -0.15) is 0 Å². The van der Waals surface area contributed by atoms with Crippen LogP contribution in [0.25, 0.3) is 0 Å². The number of carbonyl (C=O) groups excluding carboxylic acids is 4. The molecule has 0 aliphatic carbocycles. The molecule has 256 valence electrons. The molecule has 4 heterocycles. The summed E-state index contributed by atoms with van der Waals surface area (Å²) in [4.78, 5) is 59.8. The highest BCUT2D eigenvalue weighted by Gasteiger charge is 2.72. The Morgan fingerprint density at radius 1 is 0.979 bits per heavy atom. The number of benzene rings is 1. The normalized spacial score (nSPS) is 30.8. The van der Waals surface area contributed by atoms with E-state index in [9.17, 15) is 24.3 Å². The predicted octanol–water partition coefficient (Wildman–Crippen LogP) is 4.09. The van der Waals surface area contributed by atoms with Crippen LogP contribution < -0.4 is 5.32 Å². The lowest BCUT2D eigenvalue weighted by Gasteiger charge is -2.44. The lowest BCUT2D eigenvalue weighted by atomic mass is 9.77. The number of fused-ring (bicyclic) bond motifs is 2. The Morgan fingerprint density at radius 2 is 1.72 bits per heavy atom. The van der Waals surface area contributed by atoms with Gasteiger partial charge in [-0.25, -0.2) is 0 Å². The van der Waals surface area contributed by atoms with Crippen LogP contribution in [0, 0.1) is 17.3 Å². The van der Waals surface area contributed by atoms with E-state index in [1.807, 2.05) is 53.5 Å². The van der Waals surface area contributed by atoms with E-state index in [0.717, 1.165) is 12.0 Å². The van der Waals surface area contributed by atoms with Crippen LogP contribution in [0.15, 0.2) is 54.6 Å². The first-order valence-corrected chi connectivity index (χ1v) is 17.1. The molecule has 10 heteroatoms. The molecule has 4 aliphatic heterocycles. The van der Waals surface area contributed by atoms with Gasteiger partial charge in [0.25, 0.3) is 0 Å². The van der Waals surface area contributed by atoms with E-state index in [4.69, 9.17) is 9.47 Å². The van der Waals surface area contributed by atoms with E-state index in [1.165, 1.54) is 0 Å². The number of hydrogen-bond donors (Lipinski definition) is 2.